The summed E-state index contributed by atoms with van der Waals surface area (Å²) in [5, 5.41) is 0. The van der Waals surface area contributed by atoms with Crippen molar-refractivity contribution in [1.29, 1.82) is 0 Å². The monoisotopic (exact) mass is 197 g/mol. The zero-order chi connectivity index (χ0) is 10.6. The van der Waals surface area contributed by atoms with Crippen LogP contribution in [0, 0.1) is 6.57 Å². The molecule has 74 valence electrons. The molecule has 0 atom stereocenters. The largest absolute Gasteiger partial charge is 0.496 e. The molecule has 0 heterocycles. The Morgan fingerprint density at radius 1 is 1.43 bits per heavy atom. The summed E-state index contributed by atoms with van der Waals surface area (Å²) in [6.45, 7) is 5.59. The molecule has 0 fully saturated rings. The molecule has 4 heteroatoms. The molecule has 0 aliphatic heterocycles. The third-order valence-corrected chi connectivity index (χ3v) is 1.78. The number of alkyl halides is 2. The standard InChI is InChI=1S/C10H9F2NO/c1-13-7-10(11,12)8-5-3-4-6-9(8)14-2/h3-6H,7H2,2H3. The Kier molecular flexibility index (Phi) is 3.03. The number of nitrogens with zero attached hydrogens (tertiary/aromatic N) is 1. The van der Waals surface area contributed by atoms with Gasteiger partial charge in [-0.25, -0.2) is 6.57 Å². The predicted molar refractivity (Wildman–Crippen MR) is 48.4 cm³/mol. The second kappa shape index (κ2) is 4.05. The summed E-state index contributed by atoms with van der Waals surface area (Å²) >= 11 is 0. The molecule has 1 aromatic carbocycles. The van der Waals surface area contributed by atoms with Gasteiger partial charge in [-0.2, -0.15) is 8.78 Å². The number of hydrogen-bond acceptors (Lipinski definition) is 1. The lowest BCUT2D eigenvalue weighted by Crippen LogP contribution is -2.17. The van der Waals surface area contributed by atoms with Crippen LogP contribution in [-0.4, -0.2) is 13.7 Å². The van der Waals surface area contributed by atoms with Crippen LogP contribution in [0.25, 0.3) is 4.85 Å². The summed E-state index contributed by atoms with van der Waals surface area (Å²) in [5.74, 6) is -3.03. The molecule has 0 radical (unpaired) electrons. The molecule has 0 aliphatic carbocycles. The smallest absolute Gasteiger partial charge is 0.346 e. The highest BCUT2D eigenvalue weighted by molar-refractivity contribution is 5.37. The molecule has 0 unspecified atom stereocenters. The van der Waals surface area contributed by atoms with E-state index in [4.69, 9.17) is 11.3 Å². The van der Waals surface area contributed by atoms with Crippen molar-refractivity contribution in [3.63, 3.8) is 0 Å². The van der Waals surface area contributed by atoms with Crippen molar-refractivity contribution in [3.05, 3.63) is 41.2 Å². The van der Waals surface area contributed by atoms with Gasteiger partial charge in [-0.3, -0.25) is 0 Å². The van der Waals surface area contributed by atoms with E-state index in [1.807, 2.05) is 0 Å². The Bertz CT molecular complexity index is 357. The topological polar surface area (TPSA) is 13.6 Å². The SMILES string of the molecule is [C-]#[N+]CC(F)(F)c1ccccc1OC. The van der Waals surface area contributed by atoms with Gasteiger partial charge in [0.25, 0.3) is 6.54 Å². The van der Waals surface area contributed by atoms with E-state index < -0.39 is 12.5 Å². The van der Waals surface area contributed by atoms with E-state index >= 15 is 0 Å². The van der Waals surface area contributed by atoms with Crippen LogP contribution < -0.4 is 4.74 Å². The maximum Gasteiger partial charge on any atom is 0.346 e. The van der Waals surface area contributed by atoms with Gasteiger partial charge in [-0.15, -0.1) is 0 Å². The van der Waals surface area contributed by atoms with Gasteiger partial charge in [-0.05, 0) is 12.1 Å². The first-order chi connectivity index (χ1) is 6.61. The van der Waals surface area contributed by atoms with E-state index in [1.54, 1.807) is 6.07 Å². The summed E-state index contributed by atoms with van der Waals surface area (Å²) in [4.78, 5) is 2.70. The molecule has 0 saturated heterocycles. The fraction of sp³-hybridized carbons (Fsp3) is 0.300. The van der Waals surface area contributed by atoms with E-state index in [0.717, 1.165) is 0 Å². The van der Waals surface area contributed by atoms with Gasteiger partial charge in [0.15, 0.2) is 0 Å². The summed E-state index contributed by atoms with van der Waals surface area (Å²) in [7, 11) is 1.33. The van der Waals surface area contributed by atoms with Crippen molar-refractivity contribution in [2.75, 3.05) is 13.7 Å². The van der Waals surface area contributed by atoms with E-state index in [2.05, 4.69) is 4.85 Å². The second-order valence-corrected chi connectivity index (χ2v) is 2.72. The van der Waals surface area contributed by atoms with Crippen molar-refractivity contribution in [3.8, 4) is 5.75 Å². The Morgan fingerprint density at radius 3 is 2.64 bits per heavy atom. The second-order valence-electron chi connectivity index (χ2n) is 2.72. The summed E-state index contributed by atoms with van der Waals surface area (Å²) in [5.41, 5.74) is -0.237. The number of para-hydroxylation sites is 1. The third kappa shape index (κ3) is 1.99. The average Bonchev–Trinajstić information content (AvgIpc) is 2.18. The molecule has 0 saturated carbocycles. The Hall–Kier alpha value is -1.63. The van der Waals surface area contributed by atoms with Gasteiger partial charge in [-0.1, -0.05) is 12.1 Å². The number of benzene rings is 1. The average molecular weight is 197 g/mol. The molecule has 0 amide bonds. The number of halogens is 2. The molecule has 0 aliphatic rings. The summed E-state index contributed by atoms with van der Waals surface area (Å²) in [6, 6.07) is 5.82. The first kappa shape index (κ1) is 10.5. The molecule has 0 spiro atoms. The van der Waals surface area contributed by atoms with Crippen molar-refractivity contribution in [1.82, 2.24) is 0 Å². The number of hydrogen-bond donors (Lipinski definition) is 0. The zero-order valence-corrected chi connectivity index (χ0v) is 7.63. The highest BCUT2D eigenvalue weighted by Crippen LogP contribution is 2.34. The minimum atomic E-state index is -3.14. The molecule has 2 nitrogen and oxygen atoms in total. The van der Waals surface area contributed by atoms with Gasteiger partial charge in [0.05, 0.1) is 12.7 Å². The highest BCUT2D eigenvalue weighted by atomic mass is 19.3. The lowest BCUT2D eigenvalue weighted by atomic mass is 10.1. The molecule has 0 N–H and O–H groups in total. The fourth-order valence-corrected chi connectivity index (χ4v) is 1.13. The van der Waals surface area contributed by atoms with Crippen molar-refractivity contribution in [2.24, 2.45) is 0 Å². The van der Waals surface area contributed by atoms with Crippen LogP contribution in [0.5, 0.6) is 5.75 Å². The Labute approximate surface area is 80.9 Å². The van der Waals surface area contributed by atoms with Crippen molar-refractivity contribution < 1.29 is 13.5 Å². The predicted octanol–water partition coefficient (Wildman–Crippen LogP) is 2.71. The molecule has 1 rings (SSSR count). The van der Waals surface area contributed by atoms with Crippen LogP contribution in [-0.2, 0) is 5.92 Å². The molecular weight excluding hydrogens is 188 g/mol. The van der Waals surface area contributed by atoms with Crippen molar-refractivity contribution in [2.45, 2.75) is 5.92 Å². The normalized spacial score (nSPS) is 10.7. The first-order valence-corrected chi connectivity index (χ1v) is 3.96. The van der Waals surface area contributed by atoms with Crippen LogP contribution in [0.1, 0.15) is 5.56 Å². The number of ether oxygens (including phenoxy) is 1. The van der Waals surface area contributed by atoms with Gasteiger partial charge in [0.1, 0.15) is 5.75 Å². The maximum atomic E-state index is 13.3. The summed E-state index contributed by atoms with van der Waals surface area (Å²) < 4.78 is 31.4. The third-order valence-electron chi connectivity index (χ3n) is 1.78. The zero-order valence-electron chi connectivity index (χ0n) is 7.63. The molecule has 0 bridgehead atoms. The van der Waals surface area contributed by atoms with E-state index in [-0.39, 0.29) is 11.3 Å². The molecule has 14 heavy (non-hydrogen) atoms. The lowest BCUT2D eigenvalue weighted by Gasteiger charge is -2.13. The van der Waals surface area contributed by atoms with Crippen LogP contribution in [0.2, 0.25) is 0 Å². The van der Waals surface area contributed by atoms with Gasteiger partial charge < -0.3 is 9.58 Å². The number of methoxy groups -OCH3 is 1. The van der Waals surface area contributed by atoms with E-state index in [0.29, 0.717) is 0 Å². The van der Waals surface area contributed by atoms with Gasteiger partial charge in [0.2, 0.25) is 0 Å². The molecule has 1 aromatic rings. The van der Waals surface area contributed by atoms with Crippen LogP contribution in [0.3, 0.4) is 0 Å². The summed E-state index contributed by atoms with van der Waals surface area (Å²) in [6.07, 6.45) is 0. The quantitative estimate of drug-likeness (QED) is 0.679. The minimum absolute atomic E-state index is 0.112. The highest BCUT2D eigenvalue weighted by Gasteiger charge is 2.38. The first-order valence-electron chi connectivity index (χ1n) is 3.96. The van der Waals surface area contributed by atoms with Crippen LogP contribution in [0.15, 0.2) is 24.3 Å². The maximum absolute atomic E-state index is 13.3. The fourth-order valence-electron chi connectivity index (χ4n) is 1.13. The minimum Gasteiger partial charge on any atom is -0.496 e. The number of rotatable bonds is 3. The Morgan fingerprint density at radius 2 is 2.07 bits per heavy atom. The van der Waals surface area contributed by atoms with Crippen LogP contribution in [0.4, 0.5) is 8.78 Å². The van der Waals surface area contributed by atoms with E-state index in [1.165, 1.54) is 25.3 Å². The molecule has 0 aromatic heterocycles. The molecular formula is C10H9F2NO. The van der Waals surface area contributed by atoms with Crippen LogP contribution >= 0.6 is 0 Å². The van der Waals surface area contributed by atoms with Crippen molar-refractivity contribution >= 4 is 0 Å². The Balaban J connectivity index is 3.11. The van der Waals surface area contributed by atoms with Gasteiger partial charge in [0, 0.05) is 0 Å². The van der Waals surface area contributed by atoms with Gasteiger partial charge >= 0.3 is 5.92 Å². The van der Waals surface area contributed by atoms with E-state index in [9.17, 15) is 8.78 Å². The lowest BCUT2D eigenvalue weighted by molar-refractivity contribution is 0.0118.